The van der Waals surface area contributed by atoms with Crippen molar-refractivity contribution in [2.75, 3.05) is 19.2 Å². The summed E-state index contributed by atoms with van der Waals surface area (Å²) < 4.78 is 17.5. The van der Waals surface area contributed by atoms with Crippen molar-refractivity contribution in [2.24, 2.45) is 0 Å². The third kappa shape index (κ3) is 2.29. The normalized spacial score (nSPS) is 14.4. The summed E-state index contributed by atoms with van der Waals surface area (Å²) in [4.78, 5) is 24.9. The smallest absolute Gasteiger partial charge is 0.261 e. The number of nitrogens with zero attached hydrogens (tertiary/aromatic N) is 1. The first kappa shape index (κ1) is 14.6. The molecule has 1 aromatic carbocycles. The van der Waals surface area contributed by atoms with E-state index in [1.165, 1.54) is 13.2 Å². The van der Waals surface area contributed by atoms with Gasteiger partial charge < -0.3 is 24.1 Å². The van der Waals surface area contributed by atoms with Crippen molar-refractivity contribution in [1.29, 1.82) is 0 Å². The van der Waals surface area contributed by atoms with Crippen molar-refractivity contribution in [1.82, 2.24) is 4.57 Å². The molecule has 2 aliphatic rings. The van der Waals surface area contributed by atoms with E-state index >= 15 is 0 Å². The van der Waals surface area contributed by atoms with Crippen molar-refractivity contribution in [3.8, 4) is 17.2 Å². The highest BCUT2D eigenvalue weighted by Crippen LogP contribution is 2.34. The lowest BCUT2D eigenvalue weighted by atomic mass is 10.1. The standard InChI is InChI=1S/C17H16N2O5/c1-22-14-8-15(20)19-6-2-3-11(19)16(14)17(21)18-10-4-5-12-13(7-10)24-9-23-12/h4-5,7-8H,2-3,6,9H2,1H3,(H,18,21). The van der Waals surface area contributed by atoms with Crippen LogP contribution in [0.2, 0.25) is 0 Å². The molecule has 0 saturated heterocycles. The molecule has 1 aromatic heterocycles. The summed E-state index contributed by atoms with van der Waals surface area (Å²) in [5.74, 6) is 1.23. The number of methoxy groups -OCH3 is 1. The summed E-state index contributed by atoms with van der Waals surface area (Å²) >= 11 is 0. The number of fused-ring (bicyclic) bond motifs is 2. The minimum atomic E-state index is -0.309. The molecule has 0 bridgehead atoms. The molecule has 4 rings (SSSR count). The lowest BCUT2D eigenvalue weighted by Crippen LogP contribution is -2.24. The average Bonchev–Trinajstić information content (AvgIpc) is 3.23. The highest BCUT2D eigenvalue weighted by molar-refractivity contribution is 6.07. The van der Waals surface area contributed by atoms with Crippen LogP contribution in [0, 0.1) is 0 Å². The molecule has 0 atom stereocenters. The number of benzene rings is 1. The van der Waals surface area contributed by atoms with E-state index in [0.29, 0.717) is 41.5 Å². The van der Waals surface area contributed by atoms with Gasteiger partial charge in [0.25, 0.3) is 11.5 Å². The van der Waals surface area contributed by atoms with Crippen molar-refractivity contribution in [3.05, 3.63) is 45.9 Å². The molecule has 1 N–H and O–H groups in total. The number of anilines is 1. The number of ether oxygens (including phenoxy) is 3. The average molecular weight is 328 g/mol. The quantitative estimate of drug-likeness (QED) is 0.929. The Hall–Kier alpha value is -2.96. The molecule has 7 nitrogen and oxygen atoms in total. The summed E-state index contributed by atoms with van der Waals surface area (Å²) in [5.41, 5.74) is 1.58. The zero-order valence-corrected chi connectivity index (χ0v) is 13.1. The Morgan fingerprint density at radius 2 is 2.08 bits per heavy atom. The van der Waals surface area contributed by atoms with Crippen LogP contribution in [0.5, 0.6) is 17.2 Å². The number of carbonyl (C=O) groups is 1. The molecule has 3 heterocycles. The summed E-state index contributed by atoms with van der Waals surface area (Å²) in [6.45, 7) is 0.804. The highest BCUT2D eigenvalue weighted by atomic mass is 16.7. The summed E-state index contributed by atoms with van der Waals surface area (Å²) in [7, 11) is 1.46. The van der Waals surface area contributed by atoms with Crippen molar-refractivity contribution >= 4 is 11.6 Å². The molecule has 2 aromatic rings. The van der Waals surface area contributed by atoms with Crippen LogP contribution in [0.1, 0.15) is 22.5 Å². The van der Waals surface area contributed by atoms with Gasteiger partial charge in [0, 0.05) is 30.1 Å². The fourth-order valence-corrected chi connectivity index (χ4v) is 3.15. The minimum Gasteiger partial charge on any atom is -0.496 e. The predicted octanol–water partition coefficient (Wildman–Crippen LogP) is 1.78. The predicted molar refractivity (Wildman–Crippen MR) is 86.1 cm³/mol. The third-order valence-corrected chi connectivity index (χ3v) is 4.25. The van der Waals surface area contributed by atoms with E-state index in [1.54, 1.807) is 22.8 Å². The van der Waals surface area contributed by atoms with Gasteiger partial charge in [0.2, 0.25) is 6.79 Å². The van der Waals surface area contributed by atoms with E-state index in [2.05, 4.69) is 5.32 Å². The molecule has 0 unspecified atom stereocenters. The largest absolute Gasteiger partial charge is 0.496 e. The summed E-state index contributed by atoms with van der Waals surface area (Å²) in [5, 5.41) is 2.84. The minimum absolute atomic E-state index is 0.140. The van der Waals surface area contributed by atoms with Gasteiger partial charge >= 0.3 is 0 Å². The van der Waals surface area contributed by atoms with E-state index in [9.17, 15) is 9.59 Å². The van der Waals surface area contributed by atoms with Crippen molar-refractivity contribution < 1.29 is 19.0 Å². The van der Waals surface area contributed by atoms with Crippen molar-refractivity contribution in [2.45, 2.75) is 19.4 Å². The van der Waals surface area contributed by atoms with Crippen LogP contribution in [0.4, 0.5) is 5.69 Å². The van der Waals surface area contributed by atoms with Gasteiger partial charge in [0.15, 0.2) is 11.5 Å². The number of carbonyl (C=O) groups excluding carboxylic acids is 1. The first-order valence-electron chi connectivity index (χ1n) is 7.69. The molecule has 2 aliphatic heterocycles. The SMILES string of the molecule is COc1cc(=O)n2c(c1C(=O)Nc1ccc3c(c1)OCO3)CCC2. The first-order valence-corrected chi connectivity index (χ1v) is 7.69. The third-order valence-electron chi connectivity index (χ3n) is 4.25. The van der Waals surface area contributed by atoms with Crippen LogP contribution in [0.25, 0.3) is 0 Å². The highest BCUT2D eigenvalue weighted by Gasteiger charge is 2.25. The second-order valence-electron chi connectivity index (χ2n) is 5.65. The number of aromatic nitrogens is 1. The second-order valence-corrected chi connectivity index (χ2v) is 5.65. The Morgan fingerprint density at radius 3 is 2.92 bits per heavy atom. The maximum absolute atomic E-state index is 12.8. The summed E-state index contributed by atoms with van der Waals surface area (Å²) in [6.07, 6.45) is 1.52. The van der Waals surface area contributed by atoms with Crippen LogP contribution in [0.3, 0.4) is 0 Å². The van der Waals surface area contributed by atoms with Crippen molar-refractivity contribution in [3.63, 3.8) is 0 Å². The summed E-state index contributed by atoms with van der Waals surface area (Å²) in [6, 6.07) is 6.56. The lowest BCUT2D eigenvalue weighted by molar-refractivity contribution is 0.102. The Balaban J connectivity index is 1.70. The van der Waals surface area contributed by atoms with E-state index in [0.717, 1.165) is 12.1 Å². The van der Waals surface area contributed by atoms with Gasteiger partial charge in [-0.1, -0.05) is 0 Å². The number of rotatable bonds is 3. The molecule has 124 valence electrons. The van der Waals surface area contributed by atoms with Gasteiger partial charge in [-0.05, 0) is 25.0 Å². The molecule has 0 aliphatic carbocycles. The molecule has 7 heteroatoms. The van der Waals surface area contributed by atoms with E-state index < -0.39 is 0 Å². The van der Waals surface area contributed by atoms with Crippen LogP contribution < -0.4 is 25.1 Å². The van der Waals surface area contributed by atoms with E-state index in [1.807, 2.05) is 0 Å². The second kappa shape index (κ2) is 5.59. The molecule has 0 fully saturated rings. The van der Waals surface area contributed by atoms with Gasteiger partial charge in [-0.25, -0.2) is 0 Å². The van der Waals surface area contributed by atoms with Crippen LogP contribution in [-0.4, -0.2) is 24.4 Å². The monoisotopic (exact) mass is 328 g/mol. The van der Waals surface area contributed by atoms with Crippen LogP contribution in [0.15, 0.2) is 29.1 Å². The maximum Gasteiger partial charge on any atom is 0.261 e. The molecular formula is C17H16N2O5. The number of hydrogen-bond donors (Lipinski definition) is 1. The first-order chi connectivity index (χ1) is 11.7. The van der Waals surface area contributed by atoms with Gasteiger partial charge in [-0.15, -0.1) is 0 Å². The molecule has 1 amide bonds. The van der Waals surface area contributed by atoms with Crippen LogP contribution >= 0.6 is 0 Å². The molecule has 24 heavy (non-hydrogen) atoms. The number of pyridine rings is 1. The maximum atomic E-state index is 12.8. The van der Waals surface area contributed by atoms with Gasteiger partial charge in [-0.2, -0.15) is 0 Å². The van der Waals surface area contributed by atoms with E-state index in [4.69, 9.17) is 14.2 Å². The zero-order valence-electron chi connectivity index (χ0n) is 13.1. The Morgan fingerprint density at radius 1 is 1.25 bits per heavy atom. The molecule has 0 radical (unpaired) electrons. The van der Waals surface area contributed by atoms with Gasteiger partial charge in [0.1, 0.15) is 11.3 Å². The molecule has 0 spiro atoms. The molecule has 0 saturated carbocycles. The number of nitrogens with one attached hydrogen (secondary N) is 1. The lowest BCUT2D eigenvalue weighted by Gasteiger charge is -2.14. The van der Waals surface area contributed by atoms with Crippen LogP contribution in [-0.2, 0) is 13.0 Å². The molecular weight excluding hydrogens is 312 g/mol. The topological polar surface area (TPSA) is 78.8 Å². The Labute approximate surface area is 137 Å². The van der Waals surface area contributed by atoms with Gasteiger partial charge in [-0.3, -0.25) is 9.59 Å². The fraction of sp³-hybridized carbons (Fsp3) is 0.294. The number of hydrogen-bond acceptors (Lipinski definition) is 5. The Bertz CT molecular complexity index is 887. The van der Waals surface area contributed by atoms with Gasteiger partial charge in [0.05, 0.1) is 7.11 Å². The van der Waals surface area contributed by atoms with E-state index in [-0.39, 0.29) is 18.3 Å². The Kier molecular flexibility index (Phi) is 3.41. The zero-order chi connectivity index (χ0) is 16.7. The fourth-order valence-electron chi connectivity index (χ4n) is 3.15. The number of amides is 1.